The predicted molar refractivity (Wildman–Crippen MR) is 152 cm³/mol. The third-order valence-electron chi connectivity index (χ3n) is 6.01. The van der Waals surface area contributed by atoms with Gasteiger partial charge in [-0.1, -0.05) is 42.5 Å². The molecular weight excluding hydrogens is 480 g/mol. The van der Waals surface area contributed by atoms with Crippen molar-refractivity contribution >= 4 is 18.1 Å². The first-order valence-electron chi connectivity index (χ1n) is 12.7. The molecule has 0 unspecified atom stereocenters. The Hall–Kier alpha value is -3.97. The number of unbranched alkanes of at least 4 members (excludes halogenated alkanes) is 1. The van der Waals surface area contributed by atoms with Crippen LogP contribution in [-0.2, 0) is 11.3 Å². The lowest BCUT2D eigenvalue weighted by molar-refractivity contribution is -0.123. The standard InChI is InChI=1S/C31H38N2O5/c1-33(22-26-9-5-6-10-30(26)37-4)18-8-7-17-32-31(34)23-38-27-15-13-24(14-16-27)11-12-25-19-28(35-2)21-29(20-25)36-3/h5-6,9-16,19-21H,7-8,17-18,22-23H2,1-4H3,(H,32,34)/b12-11+. The number of hydrogen-bond acceptors (Lipinski definition) is 6. The highest BCUT2D eigenvalue weighted by atomic mass is 16.5. The second-order valence-electron chi connectivity index (χ2n) is 8.94. The summed E-state index contributed by atoms with van der Waals surface area (Å²) in [5.41, 5.74) is 3.16. The number of methoxy groups -OCH3 is 3. The first-order chi connectivity index (χ1) is 18.5. The lowest BCUT2D eigenvalue weighted by atomic mass is 10.1. The topological polar surface area (TPSA) is 69.3 Å². The second-order valence-corrected chi connectivity index (χ2v) is 8.94. The van der Waals surface area contributed by atoms with Crippen LogP contribution in [0.1, 0.15) is 29.5 Å². The molecule has 3 rings (SSSR count). The van der Waals surface area contributed by atoms with E-state index >= 15 is 0 Å². The molecule has 0 fully saturated rings. The molecule has 0 aromatic heterocycles. The maximum absolute atomic E-state index is 12.2. The van der Waals surface area contributed by atoms with E-state index in [1.54, 1.807) is 21.3 Å². The summed E-state index contributed by atoms with van der Waals surface area (Å²) in [5.74, 6) is 2.92. The third kappa shape index (κ3) is 9.48. The fraction of sp³-hybridized carbons (Fsp3) is 0.323. The second kappa shape index (κ2) is 15.3. The lowest BCUT2D eigenvalue weighted by Crippen LogP contribution is -2.30. The van der Waals surface area contributed by atoms with Gasteiger partial charge in [-0.25, -0.2) is 0 Å². The van der Waals surface area contributed by atoms with Gasteiger partial charge >= 0.3 is 0 Å². The van der Waals surface area contributed by atoms with E-state index in [4.69, 9.17) is 18.9 Å². The summed E-state index contributed by atoms with van der Waals surface area (Å²) >= 11 is 0. The highest BCUT2D eigenvalue weighted by Gasteiger charge is 2.06. The quantitative estimate of drug-likeness (QED) is 0.218. The minimum Gasteiger partial charge on any atom is -0.497 e. The Morgan fingerprint density at radius 1 is 0.816 bits per heavy atom. The van der Waals surface area contributed by atoms with Gasteiger partial charge in [-0.2, -0.15) is 0 Å². The minimum absolute atomic E-state index is 0.00745. The average Bonchev–Trinajstić information content (AvgIpc) is 2.95. The van der Waals surface area contributed by atoms with Gasteiger partial charge < -0.3 is 29.2 Å². The van der Waals surface area contributed by atoms with Gasteiger partial charge in [0.05, 0.1) is 21.3 Å². The number of benzene rings is 3. The number of ether oxygens (including phenoxy) is 4. The van der Waals surface area contributed by atoms with Gasteiger partial charge in [-0.3, -0.25) is 4.79 Å². The fourth-order valence-electron chi connectivity index (χ4n) is 3.93. The molecule has 7 heteroatoms. The van der Waals surface area contributed by atoms with Gasteiger partial charge in [0.2, 0.25) is 0 Å². The first kappa shape index (κ1) is 28.6. The van der Waals surface area contributed by atoms with Crippen molar-refractivity contribution in [3.8, 4) is 23.0 Å². The van der Waals surface area contributed by atoms with Gasteiger partial charge in [0.15, 0.2) is 6.61 Å². The van der Waals surface area contributed by atoms with E-state index in [0.29, 0.717) is 12.3 Å². The van der Waals surface area contributed by atoms with Crippen LogP contribution >= 0.6 is 0 Å². The van der Waals surface area contributed by atoms with Gasteiger partial charge in [-0.15, -0.1) is 0 Å². The van der Waals surface area contributed by atoms with Crippen LogP contribution < -0.4 is 24.3 Å². The molecule has 0 bridgehead atoms. The van der Waals surface area contributed by atoms with Crippen molar-refractivity contribution in [2.24, 2.45) is 0 Å². The number of rotatable bonds is 15. The molecule has 1 amide bonds. The molecular formula is C31H38N2O5. The zero-order chi connectivity index (χ0) is 27.2. The molecule has 38 heavy (non-hydrogen) atoms. The van der Waals surface area contributed by atoms with Crippen molar-refractivity contribution in [1.29, 1.82) is 0 Å². The maximum Gasteiger partial charge on any atom is 0.257 e. The van der Waals surface area contributed by atoms with Gasteiger partial charge in [0.1, 0.15) is 23.0 Å². The smallest absolute Gasteiger partial charge is 0.257 e. The normalized spacial score (nSPS) is 11.0. The molecule has 0 aliphatic carbocycles. The third-order valence-corrected chi connectivity index (χ3v) is 6.01. The molecule has 1 N–H and O–H groups in total. The summed E-state index contributed by atoms with van der Waals surface area (Å²) in [7, 11) is 7.05. The van der Waals surface area contributed by atoms with Crippen molar-refractivity contribution in [3.05, 3.63) is 83.4 Å². The van der Waals surface area contributed by atoms with E-state index in [1.807, 2.05) is 72.8 Å². The SMILES string of the molecule is COc1cc(/C=C/c2ccc(OCC(=O)NCCCCN(C)Cc3ccccc3OC)cc2)cc(OC)c1. The number of hydrogen-bond donors (Lipinski definition) is 1. The highest BCUT2D eigenvalue weighted by Crippen LogP contribution is 2.24. The summed E-state index contributed by atoms with van der Waals surface area (Å²) in [6.07, 6.45) is 5.88. The Morgan fingerprint density at radius 2 is 1.50 bits per heavy atom. The summed E-state index contributed by atoms with van der Waals surface area (Å²) in [5, 5.41) is 2.93. The monoisotopic (exact) mass is 518 g/mol. The van der Waals surface area contributed by atoms with Crippen molar-refractivity contribution in [2.45, 2.75) is 19.4 Å². The van der Waals surface area contributed by atoms with Crippen LogP contribution in [0.2, 0.25) is 0 Å². The number of amides is 1. The Bertz CT molecular complexity index is 1150. The molecule has 0 spiro atoms. The molecule has 0 saturated carbocycles. The number of para-hydroxylation sites is 1. The molecule has 0 atom stereocenters. The van der Waals surface area contributed by atoms with Crippen molar-refractivity contribution in [1.82, 2.24) is 10.2 Å². The van der Waals surface area contributed by atoms with Crippen molar-refractivity contribution < 1.29 is 23.7 Å². The molecule has 0 saturated heterocycles. The van der Waals surface area contributed by atoms with Crippen molar-refractivity contribution in [2.75, 3.05) is 48.1 Å². The van der Waals surface area contributed by atoms with Crippen LogP contribution in [0, 0.1) is 0 Å². The zero-order valence-electron chi connectivity index (χ0n) is 22.7. The van der Waals surface area contributed by atoms with Crippen LogP contribution in [0.4, 0.5) is 0 Å². The molecule has 3 aromatic carbocycles. The Kier molecular flexibility index (Phi) is 11.5. The molecule has 0 heterocycles. The van der Waals surface area contributed by atoms with Crippen LogP contribution in [-0.4, -0.2) is 58.9 Å². The van der Waals surface area contributed by atoms with Gasteiger partial charge in [-0.05, 0) is 67.9 Å². The van der Waals surface area contributed by atoms with E-state index in [-0.39, 0.29) is 12.5 Å². The molecule has 3 aromatic rings. The maximum atomic E-state index is 12.2. The lowest BCUT2D eigenvalue weighted by Gasteiger charge is -2.18. The predicted octanol–water partition coefficient (Wildman–Crippen LogP) is 5.29. The Balaban J connectivity index is 1.33. The summed E-state index contributed by atoms with van der Waals surface area (Å²) in [6, 6.07) is 21.4. The van der Waals surface area contributed by atoms with Crippen LogP contribution in [0.25, 0.3) is 12.2 Å². The Labute approximate surface area is 226 Å². The van der Waals surface area contributed by atoms with E-state index in [2.05, 4.69) is 23.3 Å². The van der Waals surface area contributed by atoms with Crippen LogP contribution in [0.3, 0.4) is 0 Å². The van der Waals surface area contributed by atoms with Crippen LogP contribution in [0.5, 0.6) is 23.0 Å². The largest absolute Gasteiger partial charge is 0.497 e. The zero-order valence-corrected chi connectivity index (χ0v) is 22.7. The Morgan fingerprint density at radius 3 is 2.18 bits per heavy atom. The van der Waals surface area contributed by atoms with E-state index in [9.17, 15) is 4.79 Å². The summed E-state index contributed by atoms with van der Waals surface area (Å²) in [6.45, 7) is 2.39. The minimum atomic E-state index is -0.122. The first-order valence-corrected chi connectivity index (χ1v) is 12.7. The van der Waals surface area contributed by atoms with Gasteiger partial charge in [0, 0.05) is 24.7 Å². The van der Waals surface area contributed by atoms with Crippen molar-refractivity contribution in [3.63, 3.8) is 0 Å². The fourth-order valence-corrected chi connectivity index (χ4v) is 3.93. The molecule has 0 radical (unpaired) electrons. The summed E-state index contributed by atoms with van der Waals surface area (Å²) in [4.78, 5) is 14.4. The molecule has 0 aliphatic heterocycles. The number of carbonyl (C=O) groups is 1. The molecule has 202 valence electrons. The number of carbonyl (C=O) groups excluding carboxylic acids is 1. The van der Waals surface area contributed by atoms with E-state index < -0.39 is 0 Å². The number of nitrogens with one attached hydrogen (secondary N) is 1. The van der Waals surface area contributed by atoms with Crippen LogP contribution in [0.15, 0.2) is 66.7 Å². The molecule has 0 aliphatic rings. The summed E-state index contributed by atoms with van der Waals surface area (Å²) < 4.78 is 21.7. The average molecular weight is 519 g/mol. The molecule has 7 nitrogen and oxygen atoms in total. The van der Waals surface area contributed by atoms with E-state index in [0.717, 1.165) is 54.3 Å². The van der Waals surface area contributed by atoms with Gasteiger partial charge in [0.25, 0.3) is 5.91 Å². The number of nitrogens with zero attached hydrogens (tertiary/aromatic N) is 1. The highest BCUT2D eigenvalue weighted by molar-refractivity contribution is 5.77. The van der Waals surface area contributed by atoms with E-state index in [1.165, 1.54) is 5.56 Å².